The molecule has 0 aliphatic heterocycles. The Bertz CT molecular complexity index is 542. The van der Waals surface area contributed by atoms with Gasteiger partial charge in [-0.15, -0.1) is 0 Å². The van der Waals surface area contributed by atoms with Crippen molar-refractivity contribution in [3.8, 4) is 0 Å². The summed E-state index contributed by atoms with van der Waals surface area (Å²) in [6, 6.07) is 6.68. The Balaban J connectivity index is 1.81. The smallest absolute Gasteiger partial charge is 0.207 e. The van der Waals surface area contributed by atoms with Gasteiger partial charge in [0.1, 0.15) is 0 Å². The lowest BCUT2D eigenvalue weighted by Gasteiger charge is -2.10. The Morgan fingerprint density at radius 2 is 2.17 bits per heavy atom. The van der Waals surface area contributed by atoms with Gasteiger partial charge < -0.3 is 9.88 Å². The SMILES string of the molecule is CCCn1ccnc1Nc1ccc2c(c1)CCC2. The molecule has 18 heavy (non-hydrogen) atoms. The second kappa shape index (κ2) is 4.84. The second-order valence-electron chi connectivity index (χ2n) is 4.91. The van der Waals surface area contributed by atoms with E-state index in [-0.39, 0.29) is 0 Å². The molecule has 0 saturated heterocycles. The Hall–Kier alpha value is -1.77. The number of nitrogens with one attached hydrogen (secondary N) is 1. The summed E-state index contributed by atoms with van der Waals surface area (Å²) in [6.45, 7) is 3.19. The van der Waals surface area contributed by atoms with Crippen molar-refractivity contribution in [2.24, 2.45) is 0 Å². The van der Waals surface area contributed by atoms with Gasteiger partial charge in [0.05, 0.1) is 0 Å². The first kappa shape index (κ1) is 11.3. The fourth-order valence-electron chi connectivity index (χ4n) is 2.63. The van der Waals surface area contributed by atoms with Crippen molar-refractivity contribution >= 4 is 11.6 Å². The zero-order valence-corrected chi connectivity index (χ0v) is 10.8. The van der Waals surface area contributed by atoms with Crippen LogP contribution in [0.4, 0.5) is 11.6 Å². The first-order valence-corrected chi connectivity index (χ1v) is 6.77. The lowest BCUT2D eigenvalue weighted by molar-refractivity contribution is 0.686. The number of hydrogen-bond acceptors (Lipinski definition) is 2. The molecule has 94 valence electrons. The number of imidazole rings is 1. The molecule has 3 rings (SSSR count). The Morgan fingerprint density at radius 1 is 1.28 bits per heavy atom. The molecule has 0 amide bonds. The van der Waals surface area contributed by atoms with E-state index in [0.29, 0.717) is 0 Å². The van der Waals surface area contributed by atoms with Gasteiger partial charge in [0.2, 0.25) is 5.95 Å². The lowest BCUT2D eigenvalue weighted by Crippen LogP contribution is -2.03. The van der Waals surface area contributed by atoms with E-state index in [0.717, 1.165) is 24.6 Å². The maximum atomic E-state index is 4.38. The quantitative estimate of drug-likeness (QED) is 0.887. The van der Waals surface area contributed by atoms with Gasteiger partial charge in [0.25, 0.3) is 0 Å². The Morgan fingerprint density at radius 3 is 3.06 bits per heavy atom. The Kier molecular flexibility index (Phi) is 3.05. The van der Waals surface area contributed by atoms with Crippen molar-refractivity contribution in [1.29, 1.82) is 0 Å². The molecule has 1 heterocycles. The maximum Gasteiger partial charge on any atom is 0.207 e. The number of rotatable bonds is 4. The third kappa shape index (κ3) is 2.13. The predicted molar refractivity (Wildman–Crippen MR) is 74.3 cm³/mol. The van der Waals surface area contributed by atoms with Crippen LogP contribution >= 0.6 is 0 Å². The van der Waals surface area contributed by atoms with E-state index in [1.54, 1.807) is 0 Å². The van der Waals surface area contributed by atoms with E-state index in [1.165, 1.54) is 30.4 Å². The monoisotopic (exact) mass is 241 g/mol. The molecule has 1 aromatic heterocycles. The standard InChI is InChI=1S/C15H19N3/c1-2-9-18-10-8-16-15(18)17-14-7-6-12-4-3-5-13(12)11-14/h6-8,10-11H,2-5,9H2,1H3,(H,16,17). The minimum Gasteiger partial charge on any atom is -0.326 e. The molecule has 1 aromatic carbocycles. The summed E-state index contributed by atoms with van der Waals surface area (Å²) in [5, 5.41) is 3.42. The highest BCUT2D eigenvalue weighted by molar-refractivity contribution is 5.57. The molecule has 3 nitrogen and oxygen atoms in total. The average Bonchev–Trinajstić information content (AvgIpc) is 2.99. The van der Waals surface area contributed by atoms with Crippen LogP contribution in [0.1, 0.15) is 30.9 Å². The summed E-state index contributed by atoms with van der Waals surface area (Å²) < 4.78 is 2.16. The van der Waals surface area contributed by atoms with E-state index in [2.05, 4.69) is 40.0 Å². The van der Waals surface area contributed by atoms with Crippen LogP contribution in [0.15, 0.2) is 30.6 Å². The third-order valence-corrected chi connectivity index (χ3v) is 3.53. The number of hydrogen-bond donors (Lipinski definition) is 1. The largest absolute Gasteiger partial charge is 0.326 e. The van der Waals surface area contributed by atoms with Crippen molar-refractivity contribution < 1.29 is 0 Å². The summed E-state index contributed by atoms with van der Waals surface area (Å²) in [4.78, 5) is 4.38. The number of anilines is 2. The first-order chi connectivity index (χ1) is 8.86. The van der Waals surface area contributed by atoms with Crippen LogP contribution < -0.4 is 5.32 Å². The van der Waals surface area contributed by atoms with E-state index in [9.17, 15) is 0 Å². The van der Waals surface area contributed by atoms with Gasteiger partial charge in [-0.2, -0.15) is 0 Å². The normalized spacial score (nSPS) is 13.6. The van der Waals surface area contributed by atoms with E-state index in [4.69, 9.17) is 0 Å². The molecule has 0 saturated carbocycles. The molecule has 0 unspecified atom stereocenters. The summed E-state index contributed by atoms with van der Waals surface area (Å²) in [5.74, 6) is 0.940. The highest BCUT2D eigenvalue weighted by atomic mass is 15.2. The summed E-state index contributed by atoms with van der Waals surface area (Å²) in [5.41, 5.74) is 4.16. The zero-order valence-electron chi connectivity index (χ0n) is 10.8. The minimum atomic E-state index is 0.940. The molecule has 1 aliphatic rings. The molecule has 2 aromatic rings. The maximum absolute atomic E-state index is 4.38. The topological polar surface area (TPSA) is 29.9 Å². The van der Waals surface area contributed by atoms with Crippen LogP contribution in [0.5, 0.6) is 0 Å². The number of nitrogens with zero attached hydrogens (tertiary/aromatic N) is 2. The number of benzene rings is 1. The van der Waals surface area contributed by atoms with Crippen molar-refractivity contribution in [3.63, 3.8) is 0 Å². The van der Waals surface area contributed by atoms with E-state index in [1.807, 2.05) is 12.4 Å². The number of fused-ring (bicyclic) bond motifs is 1. The van der Waals surface area contributed by atoms with Crippen molar-refractivity contribution in [2.75, 3.05) is 5.32 Å². The highest BCUT2D eigenvalue weighted by Crippen LogP contribution is 2.26. The van der Waals surface area contributed by atoms with Gasteiger partial charge in [0, 0.05) is 24.6 Å². The van der Waals surface area contributed by atoms with Gasteiger partial charge in [-0.25, -0.2) is 4.98 Å². The fraction of sp³-hybridized carbons (Fsp3) is 0.400. The molecule has 1 N–H and O–H groups in total. The van der Waals surface area contributed by atoms with E-state index < -0.39 is 0 Å². The average molecular weight is 241 g/mol. The molecule has 0 atom stereocenters. The third-order valence-electron chi connectivity index (χ3n) is 3.53. The number of aromatic nitrogens is 2. The molecule has 0 radical (unpaired) electrons. The van der Waals surface area contributed by atoms with Gasteiger partial charge in [-0.05, 0) is 48.9 Å². The number of aryl methyl sites for hydroxylation is 3. The van der Waals surface area contributed by atoms with Crippen LogP contribution in [0.3, 0.4) is 0 Å². The lowest BCUT2D eigenvalue weighted by atomic mass is 10.1. The van der Waals surface area contributed by atoms with Gasteiger partial charge >= 0.3 is 0 Å². The van der Waals surface area contributed by atoms with Crippen LogP contribution in [-0.4, -0.2) is 9.55 Å². The van der Waals surface area contributed by atoms with Crippen molar-refractivity contribution in [2.45, 2.75) is 39.2 Å². The Labute approximate surface area is 108 Å². The van der Waals surface area contributed by atoms with Crippen LogP contribution in [-0.2, 0) is 19.4 Å². The highest BCUT2D eigenvalue weighted by Gasteiger charge is 2.11. The van der Waals surface area contributed by atoms with Gasteiger partial charge in [0.15, 0.2) is 0 Å². The van der Waals surface area contributed by atoms with Gasteiger partial charge in [-0.1, -0.05) is 13.0 Å². The fourth-order valence-corrected chi connectivity index (χ4v) is 2.63. The summed E-state index contributed by atoms with van der Waals surface area (Å²) in [7, 11) is 0. The van der Waals surface area contributed by atoms with Crippen LogP contribution in [0.25, 0.3) is 0 Å². The molecule has 0 fully saturated rings. The van der Waals surface area contributed by atoms with E-state index >= 15 is 0 Å². The summed E-state index contributed by atoms with van der Waals surface area (Å²) >= 11 is 0. The molecule has 0 bridgehead atoms. The molecule has 1 aliphatic carbocycles. The van der Waals surface area contributed by atoms with Crippen LogP contribution in [0, 0.1) is 0 Å². The predicted octanol–water partition coefficient (Wildman–Crippen LogP) is 3.53. The zero-order chi connectivity index (χ0) is 12.4. The molecular weight excluding hydrogens is 222 g/mol. The molecular formula is C15H19N3. The first-order valence-electron chi connectivity index (χ1n) is 6.77. The van der Waals surface area contributed by atoms with Crippen molar-refractivity contribution in [3.05, 3.63) is 41.7 Å². The minimum absolute atomic E-state index is 0.940. The second-order valence-corrected chi connectivity index (χ2v) is 4.91. The van der Waals surface area contributed by atoms with Crippen LogP contribution in [0.2, 0.25) is 0 Å². The molecule has 3 heteroatoms. The van der Waals surface area contributed by atoms with Crippen molar-refractivity contribution in [1.82, 2.24) is 9.55 Å². The summed E-state index contributed by atoms with van der Waals surface area (Å²) in [6.07, 6.45) is 8.75. The van der Waals surface area contributed by atoms with Gasteiger partial charge in [-0.3, -0.25) is 0 Å². The molecule has 0 spiro atoms.